The molecule has 0 bridgehead atoms. The lowest BCUT2D eigenvalue weighted by Crippen LogP contribution is -2.67. The first-order valence-electron chi connectivity index (χ1n) is 7.55. The lowest BCUT2D eigenvalue weighted by Gasteiger charge is -2.52. The van der Waals surface area contributed by atoms with Crippen LogP contribution in [0.1, 0.15) is 46.1 Å². The SMILES string of the molecule is CCC1(C)CN(Cc2ccccc2)C(C)(CC)CN1. The van der Waals surface area contributed by atoms with Crippen molar-refractivity contribution < 1.29 is 0 Å². The molecule has 2 unspecified atom stereocenters. The van der Waals surface area contributed by atoms with E-state index in [0.717, 1.165) is 19.6 Å². The zero-order valence-corrected chi connectivity index (χ0v) is 12.9. The highest BCUT2D eigenvalue weighted by Crippen LogP contribution is 2.29. The molecule has 0 saturated carbocycles. The largest absolute Gasteiger partial charge is 0.308 e. The lowest BCUT2D eigenvalue weighted by atomic mass is 9.85. The molecule has 2 nitrogen and oxygen atoms in total. The average Bonchev–Trinajstić information content (AvgIpc) is 2.44. The van der Waals surface area contributed by atoms with Crippen molar-refractivity contribution in [3.05, 3.63) is 35.9 Å². The van der Waals surface area contributed by atoms with Crippen molar-refractivity contribution in [2.45, 2.75) is 58.2 Å². The number of benzene rings is 1. The molecule has 0 amide bonds. The molecule has 2 heteroatoms. The van der Waals surface area contributed by atoms with Crippen molar-refractivity contribution in [2.24, 2.45) is 0 Å². The summed E-state index contributed by atoms with van der Waals surface area (Å²) >= 11 is 0. The third kappa shape index (κ3) is 3.18. The van der Waals surface area contributed by atoms with Crippen molar-refractivity contribution in [3.63, 3.8) is 0 Å². The van der Waals surface area contributed by atoms with E-state index in [0.29, 0.717) is 0 Å². The summed E-state index contributed by atoms with van der Waals surface area (Å²) in [5.41, 5.74) is 1.94. The molecule has 0 spiro atoms. The highest BCUT2D eigenvalue weighted by molar-refractivity contribution is 5.16. The van der Waals surface area contributed by atoms with Gasteiger partial charge in [0, 0.05) is 30.7 Å². The first kappa shape index (κ1) is 14.5. The molecule has 1 heterocycles. The minimum Gasteiger partial charge on any atom is -0.308 e. The Labute approximate surface area is 118 Å². The third-order valence-electron chi connectivity index (χ3n) is 4.96. The maximum absolute atomic E-state index is 3.76. The Morgan fingerprint density at radius 2 is 1.79 bits per heavy atom. The van der Waals surface area contributed by atoms with Crippen LogP contribution in [0.3, 0.4) is 0 Å². The average molecular weight is 260 g/mol. The first-order valence-corrected chi connectivity index (χ1v) is 7.55. The molecule has 1 aliphatic rings. The number of nitrogens with one attached hydrogen (secondary N) is 1. The van der Waals surface area contributed by atoms with E-state index in [2.05, 4.69) is 68.2 Å². The van der Waals surface area contributed by atoms with Crippen LogP contribution in [0.15, 0.2) is 30.3 Å². The van der Waals surface area contributed by atoms with Gasteiger partial charge in [0.1, 0.15) is 0 Å². The van der Waals surface area contributed by atoms with E-state index in [1.165, 1.54) is 18.4 Å². The molecule has 0 radical (unpaired) electrons. The summed E-state index contributed by atoms with van der Waals surface area (Å²) in [7, 11) is 0. The number of piperazine rings is 1. The van der Waals surface area contributed by atoms with Crippen molar-refractivity contribution in [1.82, 2.24) is 10.2 Å². The van der Waals surface area contributed by atoms with E-state index in [-0.39, 0.29) is 11.1 Å². The molecule has 2 rings (SSSR count). The van der Waals surface area contributed by atoms with Crippen molar-refractivity contribution >= 4 is 0 Å². The topological polar surface area (TPSA) is 15.3 Å². The molecule has 1 aromatic rings. The second-order valence-corrected chi connectivity index (χ2v) is 6.46. The Bertz CT molecular complexity index is 403. The summed E-state index contributed by atoms with van der Waals surface area (Å²) in [6.07, 6.45) is 2.37. The van der Waals surface area contributed by atoms with Gasteiger partial charge in [0.2, 0.25) is 0 Å². The predicted octanol–water partition coefficient (Wildman–Crippen LogP) is 3.43. The van der Waals surface area contributed by atoms with Crippen molar-refractivity contribution in [3.8, 4) is 0 Å². The van der Waals surface area contributed by atoms with Gasteiger partial charge in [0.25, 0.3) is 0 Å². The van der Waals surface area contributed by atoms with E-state index < -0.39 is 0 Å². The Kier molecular flexibility index (Phi) is 4.32. The highest BCUT2D eigenvalue weighted by atomic mass is 15.3. The van der Waals surface area contributed by atoms with E-state index in [4.69, 9.17) is 0 Å². The van der Waals surface area contributed by atoms with Gasteiger partial charge in [-0.25, -0.2) is 0 Å². The molecule has 1 saturated heterocycles. The van der Waals surface area contributed by atoms with Gasteiger partial charge in [-0.05, 0) is 32.3 Å². The molecule has 0 aromatic heterocycles. The second-order valence-electron chi connectivity index (χ2n) is 6.46. The quantitative estimate of drug-likeness (QED) is 0.892. The Morgan fingerprint density at radius 1 is 1.11 bits per heavy atom. The molecule has 1 N–H and O–H groups in total. The summed E-state index contributed by atoms with van der Waals surface area (Å²) < 4.78 is 0. The summed E-state index contributed by atoms with van der Waals surface area (Å²) in [5, 5.41) is 3.76. The van der Waals surface area contributed by atoms with Crippen LogP contribution in [0.25, 0.3) is 0 Å². The van der Waals surface area contributed by atoms with E-state index in [1.54, 1.807) is 0 Å². The molecular weight excluding hydrogens is 232 g/mol. The number of nitrogens with zero attached hydrogens (tertiary/aromatic N) is 1. The fourth-order valence-electron chi connectivity index (χ4n) is 2.82. The fraction of sp³-hybridized carbons (Fsp3) is 0.647. The van der Waals surface area contributed by atoms with Gasteiger partial charge in [-0.1, -0.05) is 44.2 Å². The van der Waals surface area contributed by atoms with Gasteiger partial charge in [-0.3, -0.25) is 4.90 Å². The molecule has 19 heavy (non-hydrogen) atoms. The van der Waals surface area contributed by atoms with E-state index >= 15 is 0 Å². The predicted molar refractivity (Wildman–Crippen MR) is 82.2 cm³/mol. The monoisotopic (exact) mass is 260 g/mol. The minimum absolute atomic E-state index is 0.253. The molecule has 1 fully saturated rings. The van der Waals surface area contributed by atoms with Crippen LogP contribution < -0.4 is 5.32 Å². The van der Waals surface area contributed by atoms with Gasteiger partial charge in [-0.2, -0.15) is 0 Å². The van der Waals surface area contributed by atoms with Crippen LogP contribution in [0.2, 0.25) is 0 Å². The van der Waals surface area contributed by atoms with Crippen LogP contribution >= 0.6 is 0 Å². The van der Waals surface area contributed by atoms with Crippen molar-refractivity contribution in [2.75, 3.05) is 13.1 Å². The Morgan fingerprint density at radius 3 is 2.37 bits per heavy atom. The van der Waals surface area contributed by atoms with Crippen LogP contribution in [0, 0.1) is 0 Å². The first-order chi connectivity index (χ1) is 9.01. The Balaban J connectivity index is 2.17. The van der Waals surface area contributed by atoms with Gasteiger partial charge >= 0.3 is 0 Å². The Hall–Kier alpha value is -0.860. The van der Waals surface area contributed by atoms with Gasteiger partial charge in [0.15, 0.2) is 0 Å². The van der Waals surface area contributed by atoms with E-state index in [1.807, 2.05) is 0 Å². The number of rotatable bonds is 4. The maximum atomic E-state index is 3.76. The molecule has 0 aliphatic carbocycles. The van der Waals surface area contributed by atoms with Crippen molar-refractivity contribution in [1.29, 1.82) is 0 Å². The highest BCUT2D eigenvalue weighted by Gasteiger charge is 2.40. The second kappa shape index (κ2) is 5.64. The van der Waals surface area contributed by atoms with E-state index in [9.17, 15) is 0 Å². The maximum Gasteiger partial charge on any atom is 0.0307 e. The van der Waals surface area contributed by atoms with Gasteiger partial charge < -0.3 is 5.32 Å². The van der Waals surface area contributed by atoms with Gasteiger partial charge in [0.05, 0.1) is 0 Å². The smallest absolute Gasteiger partial charge is 0.0307 e. The normalized spacial score (nSPS) is 32.4. The molecule has 1 aliphatic heterocycles. The standard InChI is InChI=1S/C17H28N2/c1-5-16(3)14-19(17(4,6-2)13-18-16)12-15-10-8-7-9-11-15/h7-11,18H,5-6,12-14H2,1-4H3. The lowest BCUT2D eigenvalue weighted by molar-refractivity contribution is 0.0104. The number of hydrogen-bond acceptors (Lipinski definition) is 2. The van der Waals surface area contributed by atoms with Crippen LogP contribution in [-0.2, 0) is 6.54 Å². The molecule has 106 valence electrons. The zero-order valence-electron chi connectivity index (χ0n) is 12.9. The summed E-state index contributed by atoms with van der Waals surface area (Å²) in [4.78, 5) is 2.67. The molecule has 1 aromatic carbocycles. The fourth-order valence-corrected chi connectivity index (χ4v) is 2.82. The van der Waals surface area contributed by atoms with Crippen LogP contribution in [-0.4, -0.2) is 29.1 Å². The summed E-state index contributed by atoms with van der Waals surface area (Å²) in [6, 6.07) is 10.8. The molecule has 2 atom stereocenters. The van der Waals surface area contributed by atoms with Crippen LogP contribution in [0.4, 0.5) is 0 Å². The third-order valence-corrected chi connectivity index (χ3v) is 4.96. The molecular formula is C17H28N2. The minimum atomic E-state index is 0.253. The zero-order chi connectivity index (χ0) is 13.9. The summed E-state index contributed by atoms with van der Waals surface area (Å²) in [5.74, 6) is 0. The van der Waals surface area contributed by atoms with Crippen LogP contribution in [0.5, 0.6) is 0 Å². The number of hydrogen-bond donors (Lipinski definition) is 1. The summed E-state index contributed by atoms with van der Waals surface area (Å²) in [6.45, 7) is 12.6. The van der Waals surface area contributed by atoms with Gasteiger partial charge in [-0.15, -0.1) is 0 Å².